The number of ketones is 1. The van der Waals surface area contributed by atoms with Crippen LogP contribution in [0.4, 0.5) is 0 Å². The molecule has 1 aliphatic heterocycles. The van der Waals surface area contributed by atoms with Crippen molar-refractivity contribution in [2.45, 2.75) is 122 Å². The van der Waals surface area contributed by atoms with Gasteiger partial charge in [-0.05, 0) is 101 Å². The van der Waals surface area contributed by atoms with Crippen molar-refractivity contribution in [2.24, 2.45) is 29.1 Å². The number of carbonyl (C=O) groups is 1. The summed E-state index contributed by atoms with van der Waals surface area (Å²) in [6, 6.07) is 0.627. The zero-order valence-corrected chi connectivity index (χ0v) is 20.1. The molecule has 7 atom stereocenters. The van der Waals surface area contributed by atoms with Crippen LogP contribution in [0.3, 0.4) is 0 Å². The zero-order chi connectivity index (χ0) is 21.7. The number of allylic oxidation sites excluding steroid dienone is 1. The van der Waals surface area contributed by atoms with Crippen LogP contribution in [-0.4, -0.2) is 28.1 Å². The van der Waals surface area contributed by atoms with Gasteiger partial charge in [0, 0.05) is 17.5 Å². The van der Waals surface area contributed by atoms with Crippen molar-refractivity contribution in [3.63, 3.8) is 0 Å². The Balaban J connectivity index is 0.00000106. The van der Waals surface area contributed by atoms with Crippen LogP contribution in [-0.2, 0) is 4.79 Å². The second-order valence-electron chi connectivity index (χ2n) is 11.7. The van der Waals surface area contributed by atoms with E-state index in [0.717, 1.165) is 25.2 Å². The van der Waals surface area contributed by atoms with Gasteiger partial charge in [0.1, 0.15) is 0 Å². The molecule has 0 amide bonds. The topological polar surface area (TPSA) is 49.3 Å². The minimum absolute atomic E-state index is 0.231. The fourth-order valence-electron chi connectivity index (χ4n) is 8.37. The van der Waals surface area contributed by atoms with Crippen LogP contribution in [0, 0.1) is 29.1 Å². The molecule has 0 aromatic carbocycles. The lowest BCUT2D eigenvalue weighted by molar-refractivity contribution is -0.129. The molecule has 1 heterocycles. The number of nitrogens with one attached hydrogen (secondary N) is 1. The molecule has 4 fully saturated rings. The van der Waals surface area contributed by atoms with Crippen LogP contribution in [0.5, 0.6) is 0 Å². The van der Waals surface area contributed by atoms with Crippen LogP contribution >= 0.6 is 0 Å². The van der Waals surface area contributed by atoms with E-state index in [1.807, 2.05) is 27.7 Å². The predicted molar refractivity (Wildman–Crippen MR) is 123 cm³/mol. The maximum atomic E-state index is 13.1. The Hall–Kier alpha value is -0.670. The first kappa shape index (κ1) is 22.5. The number of hydrogen-bond donors (Lipinski definition) is 2. The van der Waals surface area contributed by atoms with E-state index in [1.54, 1.807) is 5.57 Å². The third kappa shape index (κ3) is 3.43. The lowest BCUT2D eigenvalue weighted by Crippen LogP contribution is -2.73. The van der Waals surface area contributed by atoms with Crippen LogP contribution in [0.1, 0.15) is 105 Å². The highest BCUT2D eigenvalue weighted by molar-refractivity contribution is 5.94. The molecule has 1 spiro atoms. The van der Waals surface area contributed by atoms with Crippen molar-refractivity contribution in [3.05, 3.63) is 11.6 Å². The molecule has 0 bridgehead atoms. The quantitative estimate of drug-likeness (QED) is 0.609. The maximum Gasteiger partial charge on any atom is 0.159 e. The first-order chi connectivity index (χ1) is 14.2. The minimum atomic E-state index is -0.545. The molecule has 3 saturated carbocycles. The normalized spacial score (nSPS) is 44.4. The monoisotopic (exact) mass is 415 g/mol. The second kappa shape index (κ2) is 8.03. The molecule has 3 nitrogen and oxygen atoms in total. The van der Waals surface area contributed by atoms with Crippen LogP contribution < -0.4 is 5.32 Å². The van der Waals surface area contributed by atoms with E-state index in [1.165, 1.54) is 51.4 Å². The summed E-state index contributed by atoms with van der Waals surface area (Å²) in [7, 11) is 0. The standard InChI is InChI=1S/C25H39NO2.C2H6/c1-23(2,28)12-6-8-21-19-10-9-18-16-15-22(27)20-7-4-5-13-24(20,3)17(16)11-14-25(18,19)26-21;1-2/h15,17-21,26,28H,4-14H2,1-3H3;1-2H3. The van der Waals surface area contributed by atoms with Crippen LogP contribution in [0.2, 0.25) is 0 Å². The van der Waals surface area contributed by atoms with Gasteiger partial charge in [-0.25, -0.2) is 0 Å². The summed E-state index contributed by atoms with van der Waals surface area (Å²) in [5, 5.41) is 14.1. The third-order valence-electron chi connectivity index (χ3n) is 9.65. The van der Waals surface area contributed by atoms with Crippen molar-refractivity contribution in [2.75, 3.05) is 0 Å². The molecule has 0 aromatic rings. The molecule has 170 valence electrons. The van der Waals surface area contributed by atoms with Gasteiger partial charge >= 0.3 is 0 Å². The molecule has 2 N–H and O–H groups in total. The van der Waals surface area contributed by atoms with E-state index in [2.05, 4.69) is 18.3 Å². The molecular formula is C27H45NO2. The Bertz CT molecular complexity index is 691. The van der Waals surface area contributed by atoms with E-state index in [9.17, 15) is 9.90 Å². The fourth-order valence-corrected chi connectivity index (χ4v) is 8.37. The van der Waals surface area contributed by atoms with Crippen LogP contribution in [0.25, 0.3) is 0 Å². The fraction of sp³-hybridized carbons (Fsp3) is 0.889. The van der Waals surface area contributed by atoms with Crippen molar-refractivity contribution in [3.8, 4) is 0 Å². The molecular weight excluding hydrogens is 370 g/mol. The van der Waals surface area contributed by atoms with Crippen molar-refractivity contribution >= 4 is 5.78 Å². The SMILES string of the molecule is CC.CC(C)(O)CCCC1NC23CCC4C(=CC(=O)C5CCCCC54C)C2CCC13. The average Bonchev–Trinajstić information content (AvgIpc) is 2.99. The lowest BCUT2D eigenvalue weighted by atomic mass is 9.48. The molecule has 30 heavy (non-hydrogen) atoms. The van der Waals surface area contributed by atoms with E-state index >= 15 is 0 Å². The summed E-state index contributed by atoms with van der Waals surface area (Å²) in [5.74, 6) is 2.79. The summed E-state index contributed by atoms with van der Waals surface area (Å²) >= 11 is 0. The van der Waals surface area contributed by atoms with E-state index < -0.39 is 5.60 Å². The van der Waals surface area contributed by atoms with E-state index in [4.69, 9.17) is 0 Å². The van der Waals surface area contributed by atoms with Crippen molar-refractivity contribution in [1.29, 1.82) is 0 Å². The first-order valence-corrected chi connectivity index (χ1v) is 13.0. The van der Waals surface area contributed by atoms with Gasteiger partial charge in [0.25, 0.3) is 0 Å². The zero-order valence-electron chi connectivity index (χ0n) is 20.1. The smallest absolute Gasteiger partial charge is 0.159 e. The average molecular weight is 416 g/mol. The Kier molecular flexibility index (Phi) is 6.03. The second-order valence-corrected chi connectivity index (χ2v) is 11.7. The van der Waals surface area contributed by atoms with Gasteiger partial charge in [-0.3, -0.25) is 4.79 Å². The van der Waals surface area contributed by atoms with Gasteiger partial charge in [0.2, 0.25) is 0 Å². The molecule has 0 aromatic heterocycles. The summed E-state index contributed by atoms with van der Waals surface area (Å²) < 4.78 is 0. The van der Waals surface area contributed by atoms with Crippen molar-refractivity contribution in [1.82, 2.24) is 5.32 Å². The molecule has 5 rings (SSSR count). The lowest BCUT2D eigenvalue weighted by Gasteiger charge is -2.62. The van der Waals surface area contributed by atoms with Gasteiger partial charge < -0.3 is 10.4 Å². The molecule has 0 radical (unpaired) electrons. The number of hydrogen-bond acceptors (Lipinski definition) is 3. The highest BCUT2D eigenvalue weighted by Crippen LogP contribution is 2.65. The molecule has 4 aliphatic carbocycles. The summed E-state index contributed by atoms with van der Waals surface area (Å²) in [6.45, 7) is 10.3. The van der Waals surface area contributed by atoms with Crippen LogP contribution in [0.15, 0.2) is 11.6 Å². The maximum absolute atomic E-state index is 13.1. The minimum Gasteiger partial charge on any atom is -0.390 e. The highest BCUT2D eigenvalue weighted by Gasteiger charge is 2.65. The highest BCUT2D eigenvalue weighted by atomic mass is 16.3. The summed E-state index contributed by atoms with van der Waals surface area (Å²) in [5.41, 5.74) is 1.52. The molecule has 1 saturated heterocycles. The Morgan fingerprint density at radius 2 is 1.83 bits per heavy atom. The first-order valence-electron chi connectivity index (χ1n) is 13.0. The number of fused-ring (bicyclic) bond motifs is 4. The van der Waals surface area contributed by atoms with Gasteiger partial charge in [0.15, 0.2) is 5.78 Å². The summed E-state index contributed by atoms with van der Waals surface area (Å²) in [4.78, 5) is 13.1. The van der Waals surface area contributed by atoms with Crippen molar-refractivity contribution < 1.29 is 9.90 Å². The molecule has 3 heteroatoms. The van der Waals surface area contributed by atoms with Gasteiger partial charge in [-0.2, -0.15) is 0 Å². The van der Waals surface area contributed by atoms with E-state index in [0.29, 0.717) is 35.1 Å². The van der Waals surface area contributed by atoms with Gasteiger partial charge in [-0.1, -0.05) is 39.2 Å². The molecule has 5 aliphatic rings. The Morgan fingerprint density at radius 1 is 1.07 bits per heavy atom. The van der Waals surface area contributed by atoms with Gasteiger partial charge in [0.05, 0.1) is 5.60 Å². The van der Waals surface area contributed by atoms with Gasteiger partial charge in [-0.15, -0.1) is 0 Å². The Labute approximate surface area is 184 Å². The Morgan fingerprint density at radius 3 is 2.57 bits per heavy atom. The number of rotatable bonds is 4. The molecule has 7 unspecified atom stereocenters. The third-order valence-corrected chi connectivity index (χ3v) is 9.65. The number of aliphatic hydroxyl groups is 1. The van der Waals surface area contributed by atoms with E-state index in [-0.39, 0.29) is 5.41 Å². The predicted octanol–water partition coefficient (Wildman–Crippen LogP) is 5.81. The largest absolute Gasteiger partial charge is 0.390 e. The number of carbonyl (C=O) groups excluding carboxylic acids is 1. The summed E-state index contributed by atoms with van der Waals surface area (Å²) in [6.07, 6.45) is 15.4.